The van der Waals surface area contributed by atoms with Crippen molar-refractivity contribution < 1.29 is 18.0 Å². The summed E-state index contributed by atoms with van der Waals surface area (Å²) in [7, 11) is 0. The van der Waals surface area contributed by atoms with Crippen LogP contribution in [0.1, 0.15) is 21.5 Å². The Kier molecular flexibility index (Phi) is 3.74. The van der Waals surface area contributed by atoms with Gasteiger partial charge in [0, 0.05) is 11.8 Å². The first kappa shape index (κ1) is 14.0. The Morgan fingerprint density at radius 3 is 2.35 bits per heavy atom. The summed E-state index contributed by atoms with van der Waals surface area (Å²) < 4.78 is 37.2. The second kappa shape index (κ2) is 5.32. The van der Waals surface area contributed by atoms with Gasteiger partial charge >= 0.3 is 6.18 Å². The van der Waals surface area contributed by atoms with E-state index >= 15 is 0 Å². The lowest BCUT2D eigenvalue weighted by Crippen LogP contribution is -2.14. The van der Waals surface area contributed by atoms with Crippen LogP contribution >= 0.6 is 0 Å². The van der Waals surface area contributed by atoms with Crippen LogP contribution in [-0.2, 0) is 6.18 Å². The molecular formula is C14H11F3N2O. The van der Waals surface area contributed by atoms with Gasteiger partial charge in [-0.25, -0.2) is 4.98 Å². The first-order chi connectivity index (χ1) is 9.38. The van der Waals surface area contributed by atoms with Crippen LogP contribution in [0.25, 0.3) is 0 Å². The summed E-state index contributed by atoms with van der Waals surface area (Å²) in [5.41, 5.74) is 0.124. The lowest BCUT2D eigenvalue weighted by molar-refractivity contribution is -0.137. The smallest absolute Gasteiger partial charge is 0.306 e. The highest BCUT2D eigenvalue weighted by molar-refractivity contribution is 6.04. The lowest BCUT2D eigenvalue weighted by Gasteiger charge is -2.09. The van der Waals surface area contributed by atoms with E-state index in [1.807, 2.05) is 0 Å². The third-order valence-electron chi connectivity index (χ3n) is 2.72. The molecule has 0 radical (unpaired) electrons. The summed E-state index contributed by atoms with van der Waals surface area (Å²) in [6, 6.07) is 7.52. The molecule has 0 fully saturated rings. The highest BCUT2D eigenvalue weighted by Gasteiger charge is 2.30. The van der Waals surface area contributed by atoms with Gasteiger partial charge in [0.05, 0.1) is 5.56 Å². The molecule has 0 saturated carbocycles. The monoisotopic (exact) mass is 280 g/mol. The highest BCUT2D eigenvalue weighted by atomic mass is 19.4. The number of halogens is 3. The molecule has 2 aromatic rings. The van der Waals surface area contributed by atoms with Crippen molar-refractivity contribution in [2.24, 2.45) is 0 Å². The quantitative estimate of drug-likeness (QED) is 0.912. The number of nitrogens with one attached hydrogen (secondary N) is 1. The molecule has 6 heteroatoms. The molecule has 1 aromatic heterocycles. The van der Waals surface area contributed by atoms with E-state index in [4.69, 9.17) is 0 Å². The predicted molar refractivity (Wildman–Crippen MR) is 68.4 cm³/mol. The maximum absolute atomic E-state index is 12.4. The molecule has 20 heavy (non-hydrogen) atoms. The fourth-order valence-corrected chi connectivity index (χ4v) is 1.61. The average Bonchev–Trinajstić information content (AvgIpc) is 2.40. The summed E-state index contributed by atoms with van der Waals surface area (Å²) in [5, 5.41) is 2.55. The predicted octanol–water partition coefficient (Wildman–Crippen LogP) is 3.66. The number of hydrogen-bond acceptors (Lipinski definition) is 2. The van der Waals surface area contributed by atoms with Gasteiger partial charge in [0.15, 0.2) is 0 Å². The van der Waals surface area contributed by atoms with E-state index in [1.54, 1.807) is 19.1 Å². The largest absolute Gasteiger partial charge is 0.416 e. The van der Waals surface area contributed by atoms with Gasteiger partial charge in [0.1, 0.15) is 5.82 Å². The second-order valence-corrected chi connectivity index (χ2v) is 4.20. The van der Waals surface area contributed by atoms with Crippen molar-refractivity contribution in [3.63, 3.8) is 0 Å². The van der Waals surface area contributed by atoms with Crippen molar-refractivity contribution in [3.05, 3.63) is 59.3 Å². The number of nitrogens with zero attached hydrogens (tertiary/aromatic N) is 1. The van der Waals surface area contributed by atoms with E-state index in [9.17, 15) is 18.0 Å². The molecule has 0 saturated heterocycles. The number of rotatable bonds is 2. The highest BCUT2D eigenvalue weighted by Crippen LogP contribution is 2.29. The minimum Gasteiger partial charge on any atom is -0.306 e. The van der Waals surface area contributed by atoms with Gasteiger partial charge in [-0.05, 0) is 42.8 Å². The maximum atomic E-state index is 12.4. The van der Waals surface area contributed by atoms with E-state index in [1.165, 1.54) is 6.20 Å². The first-order valence-electron chi connectivity index (χ1n) is 5.78. The van der Waals surface area contributed by atoms with Crippen LogP contribution in [-0.4, -0.2) is 10.9 Å². The maximum Gasteiger partial charge on any atom is 0.416 e. The number of aryl methyl sites for hydroxylation is 1. The van der Waals surface area contributed by atoms with E-state index in [0.29, 0.717) is 5.82 Å². The second-order valence-electron chi connectivity index (χ2n) is 4.20. The van der Waals surface area contributed by atoms with Crippen molar-refractivity contribution in [1.82, 2.24) is 4.98 Å². The molecule has 1 heterocycles. The van der Waals surface area contributed by atoms with Gasteiger partial charge in [0.25, 0.3) is 5.91 Å². The van der Waals surface area contributed by atoms with E-state index < -0.39 is 17.6 Å². The molecule has 0 unspecified atom stereocenters. The van der Waals surface area contributed by atoms with Crippen LogP contribution in [0.4, 0.5) is 19.0 Å². The van der Waals surface area contributed by atoms with Gasteiger partial charge in [-0.15, -0.1) is 0 Å². The number of aromatic nitrogens is 1. The van der Waals surface area contributed by atoms with Crippen LogP contribution < -0.4 is 5.32 Å². The van der Waals surface area contributed by atoms with Gasteiger partial charge in [-0.2, -0.15) is 13.2 Å². The molecule has 0 atom stereocenters. The van der Waals surface area contributed by atoms with Gasteiger partial charge in [0.2, 0.25) is 0 Å². The Labute approximate surface area is 113 Å². The van der Waals surface area contributed by atoms with Crippen LogP contribution in [0.2, 0.25) is 0 Å². The number of carbonyl (C=O) groups excluding carboxylic acids is 1. The molecule has 0 spiro atoms. The number of amides is 1. The summed E-state index contributed by atoms with van der Waals surface area (Å²) >= 11 is 0. The zero-order valence-electron chi connectivity index (χ0n) is 10.5. The Morgan fingerprint density at radius 2 is 1.80 bits per heavy atom. The number of carbonyl (C=O) groups is 1. The normalized spacial score (nSPS) is 11.2. The molecule has 0 aliphatic carbocycles. The topological polar surface area (TPSA) is 42.0 Å². The molecule has 3 nitrogen and oxygen atoms in total. The SMILES string of the molecule is Cc1cccnc1NC(=O)c1ccc(C(F)(F)F)cc1. The van der Waals surface area contributed by atoms with E-state index in [0.717, 1.165) is 29.8 Å². The van der Waals surface area contributed by atoms with Crippen molar-refractivity contribution >= 4 is 11.7 Å². The molecule has 1 N–H and O–H groups in total. The van der Waals surface area contributed by atoms with Crippen LogP contribution in [0, 0.1) is 6.92 Å². The zero-order valence-corrected chi connectivity index (χ0v) is 10.5. The van der Waals surface area contributed by atoms with E-state index in [2.05, 4.69) is 10.3 Å². The summed E-state index contributed by atoms with van der Waals surface area (Å²) in [6.45, 7) is 1.77. The van der Waals surface area contributed by atoms with Crippen molar-refractivity contribution in [2.45, 2.75) is 13.1 Å². The molecule has 0 bridgehead atoms. The van der Waals surface area contributed by atoms with Crippen LogP contribution in [0.15, 0.2) is 42.6 Å². The van der Waals surface area contributed by atoms with Crippen LogP contribution in [0.3, 0.4) is 0 Å². The number of hydrogen-bond donors (Lipinski definition) is 1. The number of anilines is 1. The van der Waals surface area contributed by atoms with Crippen molar-refractivity contribution in [3.8, 4) is 0 Å². The Bertz CT molecular complexity index is 621. The van der Waals surface area contributed by atoms with Crippen LogP contribution in [0.5, 0.6) is 0 Å². The summed E-state index contributed by atoms with van der Waals surface area (Å²) in [4.78, 5) is 15.9. The number of pyridine rings is 1. The third kappa shape index (κ3) is 3.14. The Morgan fingerprint density at radius 1 is 1.15 bits per heavy atom. The summed E-state index contributed by atoms with van der Waals surface area (Å²) in [5.74, 6) is -0.113. The Balaban J connectivity index is 2.16. The molecule has 1 amide bonds. The van der Waals surface area contributed by atoms with E-state index in [-0.39, 0.29) is 5.56 Å². The molecule has 1 aromatic carbocycles. The average molecular weight is 280 g/mol. The van der Waals surface area contributed by atoms with Crippen molar-refractivity contribution in [2.75, 3.05) is 5.32 Å². The summed E-state index contributed by atoms with van der Waals surface area (Å²) in [6.07, 6.45) is -2.89. The third-order valence-corrected chi connectivity index (χ3v) is 2.72. The first-order valence-corrected chi connectivity index (χ1v) is 5.78. The van der Waals surface area contributed by atoms with Gasteiger partial charge in [-0.1, -0.05) is 6.07 Å². The minimum absolute atomic E-state index is 0.142. The molecular weight excluding hydrogens is 269 g/mol. The molecule has 2 rings (SSSR count). The molecule has 0 aliphatic heterocycles. The fourth-order valence-electron chi connectivity index (χ4n) is 1.61. The van der Waals surface area contributed by atoms with Gasteiger partial charge < -0.3 is 5.32 Å². The van der Waals surface area contributed by atoms with Gasteiger partial charge in [-0.3, -0.25) is 4.79 Å². The lowest BCUT2D eigenvalue weighted by atomic mass is 10.1. The number of alkyl halides is 3. The van der Waals surface area contributed by atoms with Crippen molar-refractivity contribution in [1.29, 1.82) is 0 Å². The standard InChI is InChI=1S/C14H11F3N2O/c1-9-3-2-8-18-12(9)19-13(20)10-4-6-11(7-5-10)14(15,16)17/h2-8H,1H3,(H,18,19,20). The zero-order chi connectivity index (χ0) is 14.8. The Hall–Kier alpha value is -2.37. The number of benzene rings is 1. The molecule has 104 valence electrons. The minimum atomic E-state index is -4.41. The molecule has 0 aliphatic rings. The fraction of sp³-hybridized carbons (Fsp3) is 0.143.